The maximum Gasteiger partial charge on any atom is 0.323 e. The molecule has 1 aromatic heterocycles. The van der Waals surface area contributed by atoms with Gasteiger partial charge in [0.05, 0.1) is 11.9 Å². The first kappa shape index (κ1) is 18.4. The van der Waals surface area contributed by atoms with Crippen LogP contribution in [0.15, 0.2) is 54.9 Å². The number of aromatic nitrogens is 2. The van der Waals surface area contributed by atoms with E-state index in [0.717, 1.165) is 11.3 Å². The normalized spacial score (nSPS) is 10.7. The molecule has 2 amide bonds. The summed E-state index contributed by atoms with van der Waals surface area (Å²) in [6.07, 6.45) is 3.47. The van der Waals surface area contributed by atoms with Crippen LogP contribution in [-0.4, -0.2) is 16.2 Å². The maximum atomic E-state index is 13.8. The monoisotopic (exact) mass is 367 g/mol. The summed E-state index contributed by atoms with van der Waals surface area (Å²) in [5, 5.41) is 15.4. The number of nitrogens with one attached hydrogen (secondary N) is 4. The molecule has 27 heavy (non-hydrogen) atoms. The van der Waals surface area contributed by atoms with Gasteiger partial charge in [-0.1, -0.05) is 26.0 Å². The molecule has 3 aromatic rings. The van der Waals surface area contributed by atoms with Gasteiger partial charge in [-0.2, -0.15) is 5.10 Å². The smallest absolute Gasteiger partial charge is 0.323 e. The van der Waals surface area contributed by atoms with Crippen molar-refractivity contribution in [2.45, 2.75) is 26.3 Å². The van der Waals surface area contributed by atoms with Crippen LogP contribution in [0.5, 0.6) is 0 Å². The highest BCUT2D eigenvalue weighted by Gasteiger charge is 2.09. The number of carbonyl (C=O) groups is 1. The fraction of sp³-hybridized carbons (Fsp3) is 0.200. The van der Waals surface area contributed by atoms with Crippen LogP contribution in [-0.2, 0) is 6.54 Å². The summed E-state index contributed by atoms with van der Waals surface area (Å²) in [6, 6.07) is 11.7. The summed E-state index contributed by atoms with van der Waals surface area (Å²) < 4.78 is 13.8. The van der Waals surface area contributed by atoms with Crippen molar-refractivity contribution in [2.75, 3.05) is 16.0 Å². The number of benzene rings is 2. The molecule has 6 nitrogen and oxygen atoms in total. The number of hydrogen-bond donors (Lipinski definition) is 4. The Hall–Kier alpha value is -3.35. The SMILES string of the molecule is CC(C)c1cc(NC(=O)Nc2cccc(CNc3cn[nH]c3)c2)ccc1F. The first-order valence-electron chi connectivity index (χ1n) is 8.70. The Kier molecular flexibility index (Phi) is 5.71. The number of carbonyl (C=O) groups excluding carboxylic acids is 1. The van der Waals surface area contributed by atoms with Gasteiger partial charge in [-0.05, 0) is 47.4 Å². The van der Waals surface area contributed by atoms with E-state index in [1.165, 1.54) is 6.07 Å². The van der Waals surface area contributed by atoms with Gasteiger partial charge in [0.25, 0.3) is 0 Å². The number of H-pyrrole nitrogens is 1. The van der Waals surface area contributed by atoms with Gasteiger partial charge in [0.1, 0.15) is 5.82 Å². The van der Waals surface area contributed by atoms with E-state index in [1.807, 2.05) is 38.1 Å². The van der Waals surface area contributed by atoms with Gasteiger partial charge in [-0.15, -0.1) is 0 Å². The predicted octanol–water partition coefficient (Wildman–Crippen LogP) is 4.93. The zero-order valence-corrected chi connectivity index (χ0v) is 15.2. The molecule has 0 saturated heterocycles. The number of anilines is 3. The molecule has 4 N–H and O–H groups in total. The molecule has 3 rings (SSSR count). The lowest BCUT2D eigenvalue weighted by atomic mass is 10.0. The van der Waals surface area contributed by atoms with Crippen molar-refractivity contribution in [2.24, 2.45) is 0 Å². The predicted molar refractivity (Wildman–Crippen MR) is 105 cm³/mol. The van der Waals surface area contributed by atoms with Crippen molar-refractivity contribution in [3.8, 4) is 0 Å². The van der Waals surface area contributed by atoms with E-state index < -0.39 is 0 Å². The van der Waals surface area contributed by atoms with Gasteiger partial charge < -0.3 is 16.0 Å². The van der Waals surface area contributed by atoms with Gasteiger partial charge in [0, 0.05) is 24.1 Å². The molecular formula is C20H22FN5O. The molecule has 2 aromatic carbocycles. The van der Waals surface area contributed by atoms with Crippen molar-refractivity contribution in [1.82, 2.24) is 10.2 Å². The van der Waals surface area contributed by atoms with Crippen LogP contribution in [0.3, 0.4) is 0 Å². The van der Waals surface area contributed by atoms with Crippen LogP contribution in [0.1, 0.15) is 30.9 Å². The van der Waals surface area contributed by atoms with Crippen molar-refractivity contribution in [3.05, 3.63) is 71.8 Å². The van der Waals surface area contributed by atoms with Gasteiger partial charge in [-0.3, -0.25) is 5.10 Å². The molecule has 0 unspecified atom stereocenters. The first-order valence-corrected chi connectivity index (χ1v) is 8.70. The maximum absolute atomic E-state index is 13.8. The molecule has 140 valence electrons. The van der Waals surface area contributed by atoms with Crippen molar-refractivity contribution >= 4 is 23.1 Å². The van der Waals surface area contributed by atoms with Gasteiger partial charge >= 0.3 is 6.03 Å². The first-order chi connectivity index (χ1) is 13.0. The Bertz CT molecular complexity index is 908. The molecule has 0 radical (unpaired) electrons. The number of halogens is 1. The van der Waals surface area contributed by atoms with Gasteiger partial charge in [0.2, 0.25) is 0 Å². The molecule has 0 fully saturated rings. The molecule has 1 heterocycles. The average molecular weight is 367 g/mol. The lowest BCUT2D eigenvalue weighted by molar-refractivity contribution is 0.262. The topological polar surface area (TPSA) is 81.8 Å². The largest absolute Gasteiger partial charge is 0.378 e. The van der Waals surface area contributed by atoms with Crippen molar-refractivity contribution in [3.63, 3.8) is 0 Å². The highest BCUT2D eigenvalue weighted by atomic mass is 19.1. The molecule has 0 aliphatic heterocycles. The molecule has 0 spiro atoms. The Morgan fingerprint density at radius 3 is 2.59 bits per heavy atom. The number of aromatic amines is 1. The molecular weight excluding hydrogens is 345 g/mol. The summed E-state index contributed by atoms with van der Waals surface area (Å²) >= 11 is 0. The van der Waals surface area contributed by atoms with E-state index in [0.29, 0.717) is 23.5 Å². The molecule has 0 aliphatic carbocycles. The molecule has 7 heteroatoms. The summed E-state index contributed by atoms with van der Waals surface area (Å²) in [6.45, 7) is 4.42. The zero-order valence-electron chi connectivity index (χ0n) is 15.2. The fourth-order valence-electron chi connectivity index (χ4n) is 2.67. The number of rotatable bonds is 6. The Morgan fingerprint density at radius 1 is 1.11 bits per heavy atom. The van der Waals surface area contributed by atoms with Gasteiger partial charge in [-0.25, -0.2) is 9.18 Å². The highest BCUT2D eigenvalue weighted by molar-refractivity contribution is 5.99. The minimum absolute atomic E-state index is 0.0363. The van der Waals surface area contributed by atoms with Crippen LogP contribution < -0.4 is 16.0 Å². The average Bonchev–Trinajstić information content (AvgIpc) is 3.15. The minimum Gasteiger partial charge on any atom is -0.378 e. The third kappa shape index (κ3) is 5.07. The number of nitrogens with zero attached hydrogens (tertiary/aromatic N) is 1. The fourth-order valence-corrected chi connectivity index (χ4v) is 2.67. The standard InChI is InChI=1S/C20H22FN5O/c1-13(2)18-9-16(6-7-19(18)21)26-20(27)25-15-5-3-4-14(8-15)10-22-17-11-23-24-12-17/h3-9,11-13,22H,10H2,1-2H3,(H,23,24)(H2,25,26,27). The van der Waals surface area contributed by atoms with E-state index in [-0.39, 0.29) is 17.8 Å². The molecule has 0 aliphatic rings. The van der Waals surface area contributed by atoms with Crippen molar-refractivity contribution in [1.29, 1.82) is 0 Å². The minimum atomic E-state index is -0.378. The summed E-state index contributed by atoms with van der Waals surface area (Å²) in [5.41, 5.74) is 3.70. The van der Waals surface area contributed by atoms with Gasteiger partial charge in [0.15, 0.2) is 0 Å². The van der Waals surface area contributed by atoms with Crippen LogP contribution in [0, 0.1) is 5.82 Å². The van der Waals surface area contributed by atoms with Crippen LogP contribution in [0.2, 0.25) is 0 Å². The molecule has 0 bridgehead atoms. The van der Waals surface area contributed by atoms with Crippen LogP contribution in [0.25, 0.3) is 0 Å². The second-order valence-electron chi connectivity index (χ2n) is 6.51. The Morgan fingerprint density at radius 2 is 1.89 bits per heavy atom. The number of hydrogen-bond acceptors (Lipinski definition) is 3. The summed E-state index contributed by atoms with van der Waals surface area (Å²) in [7, 11) is 0. The third-order valence-electron chi connectivity index (χ3n) is 4.06. The number of amides is 2. The lowest BCUT2D eigenvalue weighted by Gasteiger charge is -2.12. The van der Waals surface area contributed by atoms with E-state index in [1.54, 1.807) is 24.5 Å². The van der Waals surface area contributed by atoms with Crippen LogP contribution >= 0.6 is 0 Å². The van der Waals surface area contributed by atoms with Crippen LogP contribution in [0.4, 0.5) is 26.2 Å². The Balaban J connectivity index is 1.61. The Labute approximate surface area is 157 Å². The number of urea groups is 1. The third-order valence-corrected chi connectivity index (χ3v) is 4.06. The zero-order chi connectivity index (χ0) is 19.2. The van der Waals surface area contributed by atoms with E-state index in [4.69, 9.17) is 0 Å². The second-order valence-corrected chi connectivity index (χ2v) is 6.51. The molecule has 0 saturated carbocycles. The van der Waals surface area contributed by atoms with E-state index in [9.17, 15) is 9.18 Å². The second kappa shape index (κ2) is 8.35. The summed E-state index contributed by atoms with van der Waals surface area (Å²) in [5.74, 6) is -0.233. The lowest BCUT2D eigenvalue weighted by Crippen LogP contribution is -2.19. The van der Waals surface area contributed by atoms with Crippen molar-refractivity contribution < 1.29 is 9.18 Å². The van der Waals surface area contributed by atoms with E-state index >= 15 is 0 Å². The molecule has 0 atom stereocenters. The van der Waals surface area contributed by atoms with E-state index in [2.05, 4.69) is 26.1 Å². The quantitative estimate of drug-likeness (QED) is 0.499. The highest BCUT2D eigenvalue weighted by Crippen LogP contribution is 2.22. The summed E-state index contributed by atoms with van der Waals surface area (Å²) in [4.78, 5) is 12.3.